The van der Waals surface area contributed by atoms with Gasteiger partial charge in [0.25, 0.3) is 0 Å². The van der Waals surface area contributed by atoms with Crippen LogP contribution in [0, 0.1) is 12.3 Å². The lowest BCUT2D eigenvalue weighted by atomic mass is 9.82. The SMILES string of the molecule is Cc1ccccc1C(C)(C)CNC(=O)C1(C(=O)O)CC1. The molecule has 2 N–H and O–H groups in total. The first-order valence-corrected chi connectivity index (χ1v) is 6.87. The highest BCUT2D eigenvalue weighted by Gasteiger charge is 2.57. The zero-order valence-corrected chi connectivity index (χ0v) is 12.2. The molecule has 0 aromatic heterocycles. The average Bonchev–Trinajstić information content (AvgIpc) is 3.18. The van der Waals surface area contributed by atoms with Crippen molar-refractivity contribution in [3.8, 4) is 0 Å². The summed E-state index contributed by atoms with van der Waals surface area (Å²) in [5.74, 6) is -1.37. The molecule has 1 aliphatic rings. The maximum Gasteiger partial charge on any atom is 0.319 e. The monoisotopic (exact) mass is 275 g/mol. The van der Waals surface area contributed by atoms with Crippen LogP contribution in [0.1, 0.15) is 37.8 Å². The summed E-state index contributed by atoms with van der Waals surface area (Å²) < 4.78 is 0. The summed E-state index contributed by atoms with van der Waals surface area (Å²) in [7, 11) is 0. The van der Waals surface area contributed by atoms with Crippen LogP contribution in [0.15, 0.2) is 24.3 Å². The summed E-state index contributed by atoms with van der Waals surface area (Å²) in [4.78, 5) is 23.2. The standard InChI is InChI=1S/C16H21NO3/c1-11-6-4-5-7-12(11)15(2,3)10-17-13(18)16(8-9-16)14(19)20/h4-7H,8-10H2,1-3H3,(H,17,18)(H,19,20). The van der Waals surface area contributed by atoms with Crippen molar-refractivity contribution in [2.24, 2.45) is 5.41 Å². The Balaban J connectivity index is 2.05. The van der Waals surface area contributed by atoms with E-state index in [4.69, 9.17) is 5.11 Å². The molecule has 0 spiro atoms. The second kappa shape index (κ2) is 4.93. The highest BCUT2D eigenvalue weighted by Crippen LogP contribution is 2.46. The average molecular weight is 275 g/mol. The Morgan fingerprint density at radius 3 is 2.40 bits per heavy atom. The van der Waals surface area contributed by atoms with Crippen LogP contribution < -0.4 is 5.32 Å². The third-order valence-corrected chi connectivity index (χ3v) is 4.16. The predicted octanol–water partition coefficient (Wildman–Crippen LogP) is 2.25. The van der Waals surface area contributed by atoms with E-state index in [1.54, 1.807) is 0 Å². The highest BCUT2D eigenvalue weighted by atomic mass is 16.4. The lowest BCUT2D eigenvalue weighted by Gasteiger charge is -2.28. The minimum absolute atomic E-state index is 0.227. The van der Waals surface area contributed by atoms with Crippen molar-refractivity contribution in [2.75, 3.05) is 6.54 Å². The fourth-order valence-electron chi connectivity index (χ4n) is 2.56. The highest BCUT2D eigenvalue weighted by molar-refractivity contribution is 6.04. The lowest BCUT2D eigenvalue weighted by Crippen LogP contribution is -2.43. The molecule has 1 aromatic rings. The smallest absolute Gasteiger partial charge is 0.319 e. The van der Waals surface area contributed by atoms with E-state index in [9.17, 15) is 9.59 Å². The van der Waals surface area contributed by atoms with Crippen LogP contribution in [0.25, 0.3) is 0 Å². The van der Waals surface area contributed by atoms with E-state index in [0.717, 1.165) is 0 Å². The lowest BCUT2D eigenvalue weighted by molar-refractivity contribution is -0.149. The molecule has 0 radical (unpaired) electrons. The minimum atomic E-state index is -1.16. The molecule has 4 heteroatoms. The van der Waals surface area contributed by atoms with E-state index in [1.165, 1.54) is 11.1 Å². The van der Waals surface area contributed by atoms with Crippen molar-refractivity contribution in [1.82, 2.24) is 5.32 Å². The van der Waals surface area contributed by atoms with Gasteiger partial charge in [-0.15, -0.1) is 0 Å². The zero-order chi connectivity index (χ0) is 15.0. The van der Waals surface area contributed by atoms with Gasteiger partial charge in [-0.2, -0.15) is 0 Å². The topological polar surface area (TPSA) is 66.4 Å². The first kappa shape index (κ1) is 14.6. The molecule has 1 fully saturated rings. The molecule has 0 saturated heterocycles. The summed E-state index contributed by atoms with van der Waals surface area (Å²) >= 11 is 0. The van der Waals surface area contributed by atoms with Crippen molar-refractivity contribution < 1.29 is 14.7 Å². The Bertz CT molecular complexity index is 544. The number of nitrogens with one attached hydrogen (secondary N) is 1. The van der Waals surface area contributed by atoms with Crippen molar-refractivity contribution in [3.05, 3.63) is 35.4 Å². The molecule has 0 bridgehead atoms. The molecule has 108 valence electrons. The van der Waals surface area contributed by atoms with Gasteiger partial charge in [0.05, 0.1) is 0 Å². The Morgan fingerprint density at radius 1 is 1.30 bits per heavy atom. The van der Waals surface area contributed by atoms with E-state index < -0.39 is 11.4 Å². The van der Waals surface area contributed by atoms with Crippen molar-refractivity contribution in [2.45, 2.75) is 39.0 Å². The molecule has 0 aliphatic heterocycles. The molecule has 0 heterocycles. The van der Waals surface area contributed by atoms with Crippen LogP contribution in [-0.4, -0.2) is 23.5 Å². The summed E-state index contributed by atoms with van der Waals surface area (Å²) in [6, 6.07) is 8.05. The Morgan fingerprint density at radius 2 is 1.90 bits per heavy atom. The van der Waals surface area contributed by atoms with E-state index >= 15 is 0 Å². The van der Waals surface area contributed by atoms with E-state index in [1.807, 2.05) is 31.2 Å². The number of benzene rings is 1. The predicted molar refractivity (Wildman–Crippen MR) is 76.5 cm³/mol. The van der Waals surface area contributed by atoms with Crippen molar-refractivity contribution in [3.63, 3.8) is 0 Å². The van der Waals surface area contributed by atoms with Gasteiger partial charge in [-0.1, -0.05) is 38.1 Å². The van der Waals surface area contributed by atoms with Crippen molar-refractivity contribution >= 4 is 11.9 Å². The molecule has 4 nitrogen and oxygen atoms in total. The molecule has 1 aliphatic carbocycles. The van der Waals surface area contributed by atoms with Crippen LogP contribution in [0.5, 0.6) is 0 Å². The Hall–Kier alpha value is -1.84. The van der Waals surface area contributed by atoms with Crippen molar-refractivity contribution in [1.29, 1.82) is 0 Å². The number of rotatable bonds is 5. The van der Waals surface area contributed by atoms with Crippen LogP contribution in [0.4, 0.5) is 0 Å². The maximum atomic E-state index is 12.0. The fraction of sp³-hybridized carbons (Fsp3) is 0.500. The number of carboxylic acid groups (broad SMARTS) is 1. The van der Waals surface area contributed by atoms with Crippen LogP contribution >= 0.6 is 0 Å². The number of hydrogen-bond donors (Lipinski definition) is 2. The van der Waals surface area contributed by atoms with E-state index in [2.05, 4.69) is 19.2 Å². The molecule has 0 atom stereocenters. The number of carbonyl (C=O) groups is 2. The summed E-state index contributed by atoms with van der Waals surface area (Å²) in [5, 5.41) is 11.9. The molecule has 1 amide bonds. The van der Waals surface area contributed by atoms with Gasteiger partial charge in [0, 0.05) is 12.0 Å². The minimum Gasteiger partial charge on any atom is -0.480 e. The third-order valence-electron chi connectivity index (χ3n) is 4.16. The zero-order valence-electron chi connectivity index (χ0n) is 12.2. The number of aryl methyl sites for hydroxylation is 1. The van der Waals surface area contributed by atoms with Gasteiger partial charge in [-0.05, 0) is 30.9 Å². The quantitative estimate of drug-likeness (QED) is 0.810. The van der Waals surface area contributed by atoms with Crippen LogP contribution in [0.2, 0.25) is 0 Å². The number of hydrogen-bond acceptors (Lipinski definition) is 2. The summed E-state index contributed by atoms with van der Waals surface area (Å²) in [6.45, 7) is 6.58. The van der Waals surface area contributed by atoms with E-state index in [0.29, 0.717) is 19.4 Å². The Labute approximate surface area is 119 Å². The molecule has 0 unspecified atom stereocenters. The molecule has 20 heavy (non-hydrogen) atoms. The normalized spacial score (nSPS) is 16.6. The fourth-order valence-corrected chi connectivity index (χ4v) is 2.56. The summed E-state index contributed by atoms with van der Waals surface area (Å²) in [5.41, 5.74) is 0.948. The third kappa shape index (κ3) is 2.55. The maximum absolute atomic E-state index is 12.0. The van der Waals surface area contributed by atoms with E-state index in [-0.39, 0.29) is 11.3 Å². The first-order valence-electron chi connectivity index (χ1n) is 6.87. The Kier molecular flexibility index (Phi) is 3.59. The number of carboxylic acids is 1. The van der Waals surface area contributed by atoms with Gasteiger partial charge in [-0.3, -0.25) is 9.59 Å². The van der Waals surface area contributed by atoms with Crippen LogP contribution in [0.3, 0.4) is 0 Å². The summed E-state index contributed by atoms with van der Waals surface area (Å²) in [6.07, 6.45) is 0.887. The number of amides is 1. The molecular formula is C16H21NO3. The molecule has 1 aromatic carbocycles. The van der Waals surface area contributed by atoms with Gasteiger partial charge < -0.3 is 10.4 Å². The van der Waals surface area contributed by atoms with Gasteiger partial charge >= 0.3 is 5.97 Å². The van der Waals surface area contributed by atoms with Gasteiger partial charge in [0.1, 0.15) is 5.41 Å². The molecule has 1 saturated carbocycles. The van der Waals surface area contributed by atoms with Gasteiger partial charge in [-0.25, -0.2) is 0 Å². The molecule has 2 rings (SSSR count). The largest absolute Gasteiger partial charge is 0.480 e. The van der Waals surface area contributed by atoms with Crippen LogP contribution in [-0.2, 0) is 15.0 Å². The number of carbonyl (C=O) groups excluding carboxylic acids is 1. The molecular weight excluding hydrogens is 254 g/mol. The van der Waals surface area contributed by atoms with Gasteiger partial charge in [0.2, 0.25) is 5.91 Å². The second-order valence-corrected chi connectivity index (χ2v) is 6.27. The number of aliphatic carboxylic acids is 1. The second-order valence-electron chi connectivity index (χ2n) is 6.27. The first-order chi connectivity index (χ1) is 9.29. The van der Waals surface area contributed by atoms with Gasteiger partial charge in [0.15, 0.2) is 0 Å².